The summed E-state index contributed by atoms with van der Waals surface area (Å²) in [5, 5.41) is 2.76. The summed E-state index contributed by atoms with van der Waals surface area (Å²) in [4.78, 5) is 18.7. The van der Waals surface area contributed by atoms with Gasteiger partial charge in [0.25, 0.3) is 0 Å². The van der Waals surface area contributed by atoms with E-state index in [1.165, 1.54) is 6.07 Å². The van der Waals surface area contributed by atoms with E-state index in [1.54, 1.807) is 24.4 Å². The van der Waals surface area contributed by atoms with E-state index < -0.39 is 0 Å². The smallest absolute Gasteiger partial charge is 0.228 e. The maximum atomic E-state index is 13.6. The van der Waals surface area contributed by atoms with E-state index in [9.17, 15) is 9.18 Å². The third-order valence-corrected chi connectivity index (χ3v) is 3.65. The molecule has 0 bridgehead atoms. The molecule has 0 saturated heterocycles. The molecule has 24 heavy (non-hydrogen) atoms. The van der Waals surface area contributed by atoms with Crippen molar-refractivity contribution in [3.63, 3.8) is 0 Å². The van der Waals surface area contributed by atoms with Gasteiger partial charge in [-0.3, -0.25) is 4.79 Å². The topological polar surface area (TPSA) is 45.2 Å². The molecule has 2 rings (SSSR count). The molecule has 0 saturated carbocycles. The first-order valence-corrected chi connectivity index (χ1v) is 8.38. The van der Waals surface area contributed by atoms with Gasteiger partial charge in [-0.05, 0) is 36.6 Å². The summed E-state index contributed by atoms with van der Waals surface area (Å²) in [7, 11) is 0. The normalized spacial score (nSPS) is 10.5. The van der Waals surface area contributed by atoms with Gasteiger partial charge in [-0.15, -0.1) is 0 Å². The van der Waals surface area contributed by atoms with Gasteiger partial charge in [0, 0.05) is 13.1 Å². The Morgan fingerprint density at radius 1 is 1.12 bits per heavy atom. The monoisotopic (exact) mass is 329 g/mol. The average molecular weight is 329 g/mol. The minimum atomic E-state index is -0.365. The molecule has 0 atom stereocenters. The molecule has 1 aromatic heterocycles. The van der Waals surface area contributed by atoms with Gasteiger partial charge in [-0.2, -0.15) is 0 Å². The highest BCUT2D eigenvalue weighted by Crippen LogP contribution is 2.16. The summed E-state index contributed by atoms with van der Waals surface area (Å²) >= 11 is 0. The summed E-state index contributed by atoms with van der Waals surface area (Å²) in [5.74, 6) is 0.287. The first-order valence-electron chi connectivity index (χ1n) is 8.38. The van der Waals surface area contributed by atoms with Crippen LogP contribution in [0.3, 0.4) is 0 Å². The molecule has 0 aliphatic rings. The van der Waals surface area contributed by atoms with E-state index >= 15 is 0 Å². The Labute approximate surface area is 142 Å². The lowest BCUT2D eigenvalue weighted by atomic mass is 10.1. The highest BCUT2D eigenvalue weighted by atomic mass is 19.1. The van der Waals surface area contributed by atoms with E-state index in [0.717, 1.165) is 31.7 Å². The fourth-order valence-corrected chi connectivity index (χ4v) is 2.55. The number of carbonyl (C=O) groups is 1. The summed E-state index contributed by atoms with van der Waals surface area (Å²) in [5.41, 5.74) is 1.00. The summed E-state index contributed by atoms with van der Waals surface area (Å²) in [6, 6.07) is 10.0. The number of pyridine rings is 1. The van der Waals surface area contributed by atoms with Crippen LogP contribution in [-0.4, -0.2) is 24.0 Å². The lowest BCUT2D eigenvalue weighted by molar-refractivity contribution is -0.115. The number of nitrogens with one attached hydrogen (secondary N) is 1. The lowest BCUT2D eigenvalue weighted by Gasteiger charge is -2.22. The second kappa shape index (κ2) is 9.01. The highest BCUT2D eigenvalue weighted by Gasteiger charge is 2.09. The molecule has 5 heteroatoms. The zero-order valence-electron chi connectivity index (χ0n) is 14.3. The first-order chi connectivity index (χ1) is 11.6. The number of hydrogen-bond donors (Lipinski definition) is 1. The number of hydrogen-bond acceptors (Lipinski definition) is 3. The van der Waals surface area contributed by atoms with Crippen LogP contribution in [0, 0.1) is 5.82 Å². The molecule has 0 radical (unpaired) electrons. The van der Waals surface area contributed by atoms with Gasteiger partial charge < -0.3 is 10.2 Å². The van der Waals surface area contributed by atoms with E-state index in [-0.39, 0.29) is 18.1 Å². The Morgan fingerprint density at radius 2 is 1.83 bits per heavy atom. The van der Waals surface area contributed by atoms with E-state index in [1.807, 2.05) is 12.1 Å². The molecule has 1 amide bonds. The Kier molecular flexibility index (Phi) is 6.73. The van der Waals surface area contributed by atoms with Crippen molar-refractivity contribution in [2.45, 2.75) is 33.1 Å². The molecule has 0 fully saturated rings. The zero-order chi connectivity index (χ0) is 17.4. The van der Waals surface area contributed by atoms with Crippen molar-refractivity contribution in [3.8, 4) is 0 Å². The van der Waals surface area contributed by atoms with Crippen LogP contribution in [0.4, 0.5) is 15.9 Å². The molecule has 4 nitrogen and oxygen atoms in total. The number of aromatic nitrogens is 1. The maximum absolute atomic E-state index is 13.6. The van der Waals surface area contributed by atoms with Gasteiger partial charge in [0.05, 0.1) is 18.3 Å². The molecule has 0 spiro atoms. The van der Waals surface area contributed by atoms with Crippen LogP contribution in [0.15, 0.2) is 42.6 Å². The van der Waals surface area contributed by atoms with Crippen LogP contribution in [0.2, 0.25) is 0 Å². The molecule has 1 heterocycles. The maximum Gasteiger partial charge on any atom is 0.228 e. The van der Waals surface area contributed by atoms with E-state index in [0.29, 0.717) is 11.3 Å². The molecule has 2 aromatic rings. The molecule has 128 valence electrons. The second-order valence-electron chi connectivity index (χ2n) is 5.71. The summed E-state index contributed by atoms with van der Waals surface area (Å²) in [6.45, 7) is 6.19. The number of anilines is 2. The molecule has 0 unspecified atom stereocenters. The number of rotatable bonds is 8. The van der Waals surface area contributed by atoms with Crippen molar-refractivity contribution in [1.29, 1.82) is 0 Å². The van der Waals surface area contributed by atoms with Gasteiger partial charge >= 0.3 is 0 Å². The fraction of sp³-hybridized carbons (Fsp3) is 0.368. The van der Waals surface area contributed by atoms with Crippen LogP contribution in [0.25, 0.3) is 0 Å². The Hall–Kier alpha value is -2.43. The van der Waals surface area contributed by atoms with E-state index in [4.69, 9.17) is 0 Å². The SMILES string of the molecule is CCCN(CCC)c1ccc(NC(=O)Cc2ccccc2F)cn1. The van der Waals surface area contributed by atoms with Crippen LogP contribution in [0.5, 0.6) is 0 Å². The Balaban J connectivity index is 1.98. The van der Waals surface area contributed by atoms with E-state index in [2.05, 4.69) is 29.0 Å². The number of nitrogens with zero attached hydrogens (tertiary/aromatic N) is 2. The van der Waals surface area contributed by atoms with Crippen LogP contribution < -0.4 is 10.2 Å². The predicted octanol–water partition coefficient (Wildman–Crippen LogP) is 4.03. The van der Waals surface area contributed by atoms with Gasteiger partial charge in [0.1, 0.15) is 11.6 Å². The molecular weight excluding hydrogens is 305 g/mol. The van der Waals surface area contributed by atoms with Crippen LogP contribution >= 0.6 is 0 Å². The van der Waals surface area contributed by atoms with Gasteiger partial charge in [0.15, 0.2) is 0 Å². The fourth-order valence-electron chi connectivity index (χ4n) is 2.55. The van der Waals surface area contributed by atoms with Crippen LogP contribution in [-0.2, 0) is 11.2 Å². The predicted molar refractivity (Wildman–Crippen MR) is 95.8 cm³/mol. The van der Waals surface area contributed by atoms with Crippen molar-refractivity contribution in [1.82, 2.24) is 4.98 Å². The third kappa shape index (κ3) is 5.05. The molecular formula is C19H24FN3O. The zero-order valence-corrected chi connectivity index (χ0v) is 14.3. The standard InChI is InChI=1S/C19H24FN3O/c1-3-11-23(12-4-2)18-10-9-16(14-21-18)22-19(24)13-15-7-5-6-8-17(15)20/h5-10,14H,3-4,11-13H2,1-2H3,(H,22,24). The summed E-state index contributed by atoms with van der Waals surface area (Å²) in [6.07, 6.45) is 3.77. The molecule has 0 aliphatic heterocycles. The molecule has 1 aromatic carbocycles. The largest absolute Gasteiger partial charge is 0.357 e. The summed E-state index contributed by atoms with van der Waals surface area (Å²) < 4.78 is 13.6. The number of amides is 1. The number of carbonyl (C=O) groups excluding carboxylic acids is 1. The minimum absolute atomic E-state index is 0.00617. The third-order valence-electron chi connectivity index (χ3n) is 3.65. The minimum Gasteiger partial charge on any atom is -0.357 e. The Bertz CT molecular complexity index is 652. The van der Waals surface area contributed by atoms with Crippen molar-refractivity contribution in [3.05, 3.63) is 54.0 Å². The van der Waals surface area contributed by atoms with Crippen molar-refractivity contribution < 1.29 is 9.18 Å². The van der Waals surface area contributed by atoms with Gasteiger partial charge in [-0.25, -0.2) is 9.37 Å². The van der Waals surface area contributed by atoms with Gasteiger partial charge in [0.2, 0.25) is 5.91 Å². The van der Waals surface area contributed by atoms with Crippen LogP contribution in [0.1, 0.15) is 32.3 Å². The van der Waals surface area contributed by atoms with Crippen molar-refractivity contribution in [2.24, 2.45) is 0 Å². The average Bonchev–Trinajstić information content (AvgIpc) is 2.57. The quantitative estimate of drug-likeness (QED) is 0.795. The highest BCUT2D eigenvalue weighted by molar-refractivity contribution is 5.92. The number of benzene rings is 1. The Morgan fingerprint density at radius 3 is 2.42 bits per heavy atom. The molecule has 0 aliphatic carbocycles. The van der Waals surface area contributed by atoms with Crippen molar-refractivity contribution >= 4 is 17.4 Å². The number of halogens is 1. The van der Waals surface area contributed by atoms with Crippen molar-refractivity contribution in [2.75, 3.05) is 23.3 Å². The molecule has 1 N–H and O–H groups in total. The lowest BCUT2D eigenvalue weighted by Crippen LogP contribution is -2.25. The van der Waals surface area contributed by atoms with Gasteiger partial charge in [-0.1, -0.05) is 32.0 Å². The first kappa shape index (κ1) is 17.9. The second-order valence-corrected chi connectivity index (χ2v) is 5.71.